The molecule has 1 aromatic carbocycles. The van der Waals surface area contributed by atoms with Crippen molar-refractivity contribution in [3.8, 4) is 0 Å². The van der Waals surface area contributed by atoms with E-state index in [-0.39, 0.29) is 16.5 Å². The zero-order valence-corrected chi connectivity index (χ0v) is 18.1. The van der Waals surface area contributed by atoms with Crippen molar-refractivity contribution in [2.45, 2.75) is 49.5 Å². The Kier molecular flexibility index (Phi) is 6.11. The number of hydrogen-bond acceptors (Lipinski definition) is 4. The minimum atomic E-state index is -3.68. The largest absolute Gasteiger partial charge is 0.310 e. The normalized spacial score (nSPS) is 15.8. The molecule has 1 aliphatic rings. The highest BCUT2D eigenvalue weighted by atomic mass is 35.5. The lowest BCUT2D eigenvalue weighted by molar-refractivity contribution is 0.351. The van der Waals surface area contributed by atoms with E-state index in [2.05, 4.69) is 14.3 Å². The monoisotopic (exact) mass is 452 g/mol. The molecule has 0 radical (unpaired) electrons. The lowest BCUT2D eigenvalue weighted by Crippen LogP contribution is -2.27. The molecule has 0 amide bonds. The van der Waals surface area contributed by atoms with Crippen LogP contribution < -0.4 is 4.72 Å². The number of imidazole rings is 1. The molecule has 0 atom stereocenters. The van der Waals surface area contributed by atoms with Crippen molar-refractivity contribution in [1.29, 1.82) is 0 Å². The highest BCUT2D eigenvalue weighted by molar-refractivity contribution is 7.89. The summed E-state index contributed by atoms with van der Waals surface area (Å²) >= 11 is 11.8. The van der Waals surface area contributed by atoms with E-state index in [0.717, 1.165) is 29.8 Å². The van der Waals surface area contributed by atoms with Crippen molar-refractivity contribution in [3.05, 3.63) is 52.4 Å². The molecule has 154 valence electrons. The third-order valence-electron chi connectivity index (χ3n) is 5.30. The molecular formula is C20H22Cl2N4O2S. The summed E-state index contributed by atoms with van der Waals surface area (Å²) in [4.78, 5) is 9.36. The summed E-state index contributed by atoms with van der Waals surface area (Å²) in [6.07, 6.45) is 8.11. The first-order valence-electron chi connectivity index (χ1n) is 9.72. The second-order valence-electron chi connectivity index (χ2n) is 7.26. The van der Waals surface area contributed by atoms with Crippen molar-refractivity contribution in [2.24, 2.45) is 0 Å². The molecule has 0 spiro atoms. The zero-order chi connectivity index (χ0) is 20.4. The molecule has 4 rings (SSSR count). The minimum Gasteiger partial charge on any atom is -0.310 e. The molecule has 1 N–H and O–H groups in total. The van der Waals surface area contributed by atoms with Crippen LogP contribution in [0, 0.1) is 0 Å². The third-order valence-corrected chi connectivity index (χ3v) is 7.50. The van der Waals surface area contributed by atoms with Crippen molar-refractivity contribution >= 4 is 44.4 Å². The SMILES string of the molecule is O=S(=O)(NCCc1nc2cccnc2n1C1CCCCC1)c1ccc(Cl)c(Cl)c1. The number of sulfonamides is 1. The van der Waals surface area contributed by atoms with E-state index < -0.39 is 10.0 Å². The topological polar surface area (TPSA) is 76.9 Å². The molecular weight excluding hydrogens is 431 g/mol. The van der Waals surface area contributed by atoms with Crippen molar-refractivity contribution in [2.75, 3.05) is 6.54 Å². The fourth-order valence-electron chi connectivity index (χ4n) is 3.90. The van der Waals surface area contributed by atoms with Gasteiger partial charge in [-0.1, -0.05) is 42.5 Å². The predicted molar refractivity (Wildman–Crippen MR) is 115 cm³/mol. The highest BCUT2D eigenvalue weighted by Gasteiger charge is 2.22. The number of rotatable bonds is 6. The molecule has 1 aliphatic carbocycles. The molecule has 2 heterocycles. The van der Waals surface area contributed by atoms with E-state index >= 15 is 0 Å². The van der Waals surface area contributed by atoms with E-state index in [9.17, 15) is 8.42 Å². The van der Waals surface area contributed by atoms with E-state index in [4.69, 9.17) is 28.2 Å². The Morgan fingerprint density at radius 2 is 1.90 bits per heavy atom. The first kappa shape index (κ1) is 20.6. The van der Waals surface area contributed by atoms with Crippen LogP contribution in [0.5, 0.6) is 0 Å². The fourth-order valence-corrected chi connectivity index (χ4v) is 5.32. The van der Waals surface area contributed by atoms with Crippen LogP contribution in [-0.2, 0) is 16.4 Å². The quantitative estimate of drug-likeness (QED) is 0.584. The van der Waals surface area contributed by atoms with Crippen LogP contribution >= 0.6 is 23.2 Å². The number of hydrogen-bond donors (Lipinski definition) is 1. The van der Waals surface area contributed by atoms with Gasteiger partial charge in [-0.05, 0) is 43.2 Å². The zero-order valence-electron chi connectivity index (χ0n) is 15.8. The lowest BCUT2D eigenvalue weighted by Gasteiger charge is -2.25. The molecule has 0 saturated heterocycles. The summed E-state index contributed by atoms with van der Waals surface area (Å²) < 4.78 is 30.0. The van der Waals surface area contributed by atoms with Gasteiger partial charge in [-0.15, -0.1) is 0 Å². The van der Waals surface area contributed by atoms with E-state index in [1.165, 1.54) is 37.5 Å². The Balaban J connectivity index is 1.54. The first-order valence-corrected chi connectivity index (χ1v) is 12.0. The van der Waals surface area contributed by atoms with Gasteiger partial charge in [-0.2, -0.15) is 0 Å². The van der Waals surface area contributed by atoms with Gasteiger partial charge >= 0.3 is 0 Å². The van der Waals surface area contributed by atoms with Gasteiger partial charge in [0.2, 0.25) is 10.0 Å². The van der Waals surface area contributed by atoms with Gasteiger partial charge < -0.3 is 4.57 Å². The summed E-state index contributed by atoms with van der Waals surface area (Å²) in [7, 11) is -3.68. The molecule has 1 saturated carbocycles. The standard InChI is InChI=1S/C20H22Cl2N4O2S/c21-16-9-8-15(13-17(16)22)29(27,28)24-12-10-19-25-18-7-4-11-23-20(18)26(19)14-5-2-1-3-6-14/h4,7-9,11,13-14,24H,1-3,5-6,10,12H2. The van der Waals surface area contributed by atoms with E-state index in [0.29, 0.717) is 17.5 Å². The van der Waals surface area contributed by atoms with Gasteiger partial charge in [0.25, 0.3) is 0 Å². The van der Waals surface area contributed by atoms with Crippen molar-refractivity contribution in [1.82, 2.24) is 19.3 Å². The van der Waals surface area contributed by atoms with Crippen molar-refractivity contribution < 1.29 is 8.42 Å². The lowest BCUT2D eigenvalue weighted by atomic mass is 9.95. The molecule has 0 aliphatic heterocycles. The van der Waals surface area contributed by atoms with E-state index in [1.54, 1.807) is 6.20 Å². The summed E-state index contributed by atoms with van der Waals surface area (Å²) in [5, 5.41) is 0.527. The van der Waals surface area contributed by atoms with Crippen LogP contribution in [0.2, 0.25) is 10.0 Å². The minimum absolute atomic E-state index is 0.0920. The average molecular weight is 453 g/mol. The van der Waals surface area contributed by atoms with E-state index in [1.807, 2.05) is 12.1 Å². The molecule has 0 unspecified atom stereocenters. The maximum atomic E-state index is 12.6. The molecule has 0 bridgehead atoms. The maximum absolute atomic E-state index is 12.6. The van der Waals surface area contributed by atoms with Crippen LogP contribution in [-0.4, -0.2) is 29.5 Å². The summed E-state index contributed by atoms with van der Waals surface area (Å²) in [6, 6.07) is 8.46. The van der Waals surface area contributed by atoms with Crippen molar-refractivity contribution in [3.63, 3.8) is 0 Å². The number of halogens is 2. The first-order chi connectivity index (χ1) is 14.0. The van der Waals surface area contributed by atoms with Crippen LogP contribution in [0.15, 0.2) is 41.4 Å². The number of nitrogens with one attached hydrogen (secondary N) is 1. The molecule has 9 heteroatoms. The van der Waals surface area contributed by atoms with Crippen LogP contribution in [0.1, 0.15) is 44.0 Å². The molecule has 2 aromatic heterocycles. The second kappa shape index (κ2) is 8.60. The highest BCUT2D eigenvalue weighted by Crippen LogP contribution is 2.32. The van der Waals surface area contributed by atoms with Crippen LogP contribution in [0.25, 0.3) is 11.2 Å². The number of fused-ring (bicyclic) bond motifs is 1. The number of nitrogens with zero attached hydrogens (tertiary/aromatic N) is 3. The van der Waals surface area contributed by atoms with Gasteiger partial charge in [0.1, 0.15) is 11.3 Å². The second-order valence-corrected chi connectivity index (χ2v) is 9.84. The average Bonchev–Trinajstić information content (AvgIpc) is 3.08. The van der Waals surface area contributed by atoms with Gasteiger partial charge in [0.15, 0.2) is 5.65 Å². The Labute approximate surface area is 180 Å². The third kappa shape index (κ3) is 4.43. The molecule has 6 nitrogen and oxygen atoms in total. The Bertz CT molecular complexity index is 1120. The Morgan fingerprint density at radius 1 is 1.10 bits per heavy atom. The summed E-state index contributed by atoms with van der Waals surface area (Å²) in [5.74, 6) is 0.863. The Morgan fingerprint density at radius 3 is 2.66 bits per heavy atom. The summed E-state index contributed by atoms with van der Waals surface area (Å²) in [6.45, 7) is 0.235. The fraction of sp³-hybridized carbons (Fsp3) is 0.400. The van der Waals surface area contributed by atoms with Gasteiger partial charge in [0.05, 0.1) is 14.9 Å². The Hall–Kier alpha value is -1.67. The number of benzene rings is 1. The molecule has 1 fully saturated rings. The molecule has 29 heavy (non-hydrogen) atoms. The summed E-state index contributed by atoms with van der Waals surface area (Å²) in [5.41, 5.74) is 1.72. The molecule has 3 aromatic rings. The number of aromatic nitrogens is 3. The van der Waals surface area contributed by atoms with Gasteiger partial charge in [-0.3, -0.25) is 0 Å². The smallest absolute Gasteiger partial charge is 0.240 e. The van der Waals surface area contributed by atoms with Gasteiger partial charge in [-0.25, -0.2) is 23.1 Å². The van der Waals surface area contributed by atoms with Crippen LogP contribution in [0.3, 0.4) is 0 Å². The maximum Gasteiger partial charge on any atom is 0.240 e. The van der Waals surface area contributed by atoms with Gasteiger partial charge in [0, 0.05) is 25.2 Å². The number of pyridine rings is 1. The van der Waals surface area contributed by atoms with Crippen LogP contribution in [0.4, 0.5) is 0 Å². The predicted octanol–water partition coefficient (Wildman–Crippen LogP) is 4.76.